The van der Waals surface area contributed by atoms with E-state index in [9.17, 15) is 13.2 Å². The predicted molar refractivity (Wildman–Crippen MR) is 87.0 cm³/mol. The Morgan fingerprint density at radius 2 is 1.87 bits per heavy atom. The van der Waals surface area contributed by atoms with Gasteiger partial charge >= 0.3 is 0 Å². The maximum Gasteiger partial charge on any atom is 0.220 e. The summed E-state index contributed by atoms with van der Waals surface area (Å²) in [7, 11) is -1.97. The quantitative estimate of drug-likeness (QED) is 0.766. The molecule has 2 N–H and O–H groups in total. The van der Waals surface area contributed by atoms with Gasteiger partial charge in [-0.25, -0.2) is 13.1 Å². The lowest BCUT2D eigenvalue weighted by atomic mass is 10.1. The van der Waals surface area contributed by atoms with E-state index in [1.165, 1.54) is 7.05 Å². The first-order chi connectivity index (χ1) is 11.0. The van der Waals surface area contributed by atoms with E-state index in [2.05, 4.69) is 10.0 Å². The maximum absolute atomic E-state index is 11.9. The number of nitrogens with one attached hydrogen (secondary N) is 2. The number of hydrogen-bond acceptors (Lipinski definition) is 4. The molecule has 1 aromatic heterocycles. The van der Waals surface area contributed by atoms with Gasteiger partial charge in [0.15, 0.2) is 0 Å². The first kappa shape index (κ1) is 17.2. The zero-order valence-corrected chi connectivity index (χ0v) is 13.7. The molecule has 0 unspecified atom stereocenters. The summed E-state index contributed by atoms with van der Waals surface area (Å²) in [6.07, 6.45) is 2.44. The first-order valence-electron chi connectivity index (χ1n) is 7.27. The van der Waals surface area contributed by atoms with Gasteiger partial charge in [-0.1, -0.05) is 24.3 Å². The number of furan rings is 1. The lowest BCUT2D eigenvalue weighted by Gasteiger charge is -2.11. The molecule has 0 saturated heterocycles. The predicted octanol–water partition coefficient (Wildman–Crippen LogP) is 1.58. The molecule has 0 bridgehead atoms. The van der Waals surface area contributed by atoms with Gasteiger partial charge in [0.25, 0.3) is 0 Å². The maximum atomic E-state index is 11.9. The minimum absolute atomic E-state index is 0.104. The zero-order valence-electron chi connectivity index (χ0n) is 12.9. The highest BCUT2D eigenvalue weighted by molar-refractivity contribution is 7.88. The van der Waals surface area contributed by atoms with Gasteiger partial charge < -0.3 is 9.73 Å². The normalized spacial score (nSPS) is 11.3. The molecule has 0 saturated carbocycles. The smallest absolute Gasteiger partial charge is 0.220 e. The fourth-order valence-electron chi connectivity index (χ4n) is 2.12. The van der Waals surface area contributed by atoms with E-state index in [4.69, 9.17) is 4.42 Å². The van der Waals surface area contributed by atoms with Crippen LogP contribution in [-0.4, -0.2) is 21.4 Å². The highest BCUT2D eigenvalue weighted by Gasteiger charge is 2.12. The summed E-state index contributed by atoms with van der Waals surface area (Å²) in [5, 5.41) is 2.81. The van der Waals surface area contributed by atoms with Crippen molar-refractivity contribution in [2.24, 2.45) is 0 Å². The van der Waals surface area contributed by atoms with Crippen molar-refractivity contribution in [1.29, 1.82) is 0 Å². The number of carbonyl (C=O) groups is 1. The molecule has 6 nitrogen and oxygen atoms in total. The molecule has 7 heteroatoms. The molecule has 0 aliphatic heterocycles. The Hall–Kier alpha value is -2.12. The second-order valence-corrected chi connectivity index (χ2v) is 7.01. The van der Waals surface area contributed by atoms with E-state index in [0.717, 1.165) is 11.3 Å². The van der Waals surface area contributed by atoms with Crippen LogP contribution in [-0.2, 0) is 33.5 Å². The molecular formula is C16H20N2O4S. The highest BCUT2D eigenvalue weighted by atomic mass is 32.2. The number of benzene rings is 1. The molecule has 0 atom stereocenters. The summed E-state index contributed by atoms with van der Waals surface area (Å²) in [5.74, 6) is 0.551. The van der Waals surface area contributed by atoms with Crippen LogP contribution in [0.15, 0.2) is 47.1 Å². The van der Waals surface area contributed by atoms with Gasteiger partial charge in [0.05, 0.1) is 12.0 Å². The molecule has 2 rings (SSSR count). The average molecular weight is 336 g/mol. The summed E-state index contributed by atoms with van der Waals surface area (Å²) in [4.78, 5) is 11.9. The average Bonchev–Trinajstić information content (AvgIpc) is 3.05. The van der Waals surface area contributed by atoms with E-state index in [-0.39, 0.29) is 11.7 Å². The van der Waals surface area contributed by atoms with Crippen molar-refractivity contribution in [3.63, 3.8) is 0 Å². The van der Waals surface area contributed by atoms with E-state index in [1.807, 2.05) is 18.2 Å². The van der Waals surface area contributed by atoms with E-state index < -0.39 is 10.0 Å². The van der Waals surface area contributed by atoms with Crippen LogP contribution in [0.2, 0.25) is 0 Å². The second kappa shape index (κ2) is 7.94. The molecule has 0 aliphatic rings. The number of rotatable bonds is 8. The monoisotopic (exact) mass is 336 g/mol. The van der Waals surface area contributed by atoms with Crippen molar-refractivity contribution in [1.82, 2.24) is 10.0 Å². The van der Waals surface area contributed by atoms with E-state index >= 15 is 0 Å². The van der Waals surface area contributed by atoms with Crippen molar-refractivity contribution in [2.75, 3.05) is 7.05 Å². The third-order valence-corrected chi connectivity index (χ3v) is 4.74. The molecule has 0 radical (unpaired) electrons. The van der Waals surface area contributed by atoms with E-state index in [1.54, 1.807) is 24.5 Å². The van der Waals surface area contributed by atoms with Crippen molar-refractivity contribution in [3.8, 4) is 0 Å². The molecule has 1 aromatic carbocycles. The SMILES string of the molecule is CNS(=O)(=O)Cc1ccccc1CNC(=O)CCc1ccco1. The molecule has 1 amide bonds. The van der Waals surface area contributed by atoms with Crippen molar-refractivity contribution in [3.05, 3.63) is 59.5 Å². The molecule has 1 heterocycles. The number of hydrogen-bond donors (Lipinski definition) is 2. The van der Waals surface area contributed by atoms with Crippen molar-refractivity contribution >= 4 is 15.9 Å². The largest absolute Gasteiger partial charge is 0.469 e. The van der Waals surface area contributed by atoms with Gasteiger partial charge in [-0.05, 0) is 30.3 Å². The Bertz CT molecular complexity index is 739. The third kappa shape index (κ3) is 5.54. The molecule has 0 spiro atoms. The Morgan fingerprint density at radius 1 is 1.13 bits per heavy atom. The van der Waals surface area contributed by atoms with Gasteiger partial charge in [0, 0.05) is 19.4 Å². The van der Waals surface area contributed by atoms with Gasteiger partial charge in [-0.15, -0.1) is 0 Å². The number of sulfonamides is 1. The van der Waals surface area contributed by atoms with Crippen LogP contribution in [0.1, 0.15) is 23.3 Å². The summed E-state index contributed by atoms with van der Waals surface area (Å²) >= 11 is 0. The molecule has 2 aromatic rings. The van der Waals surface area contributed by atoms with Crippen LogP contribution in [0.5, 0.6) is 0 Å². The Labute approximate surface area is 135 Å². The molecular weight excluding hydrogens is 316 g/mol. The van der Waals surface area contributed by atoms with Crippen LogP contribution in [0.4, 0.5) is 0 Å². The van der Waals surface area contributed by atoms with Crippen molar-refractivity contribution < 1.29 is 17.6 Å². The van der Waals surface area contributed by atoms with Crippen LogP contribution in [0, 0.1) is 0 Å². The Balaban J connectivity index is 1.91. The van der Waals surface area contributed by atoms with Gasteiger partial charge in [-0.3, -0.25) is 4.79 Å². The minimum Gasteiger partial charge on any atom is -0.469 e. The van der Waals surface area contributed by atoms with Gasteiger partial charge in [-0.2, -0.15) is 0 Å². The number of amides is 1. The standard InChI is InChI=1S/C16H20N2O4S/c1-17-23(20,21)12-14-6-3-2-5-13(14)11-18-16(19)9-8-15-7-4-10-22-15/h2-7,10,17H,8-9,11-12H2,1H3,(H,18,19). The Morgan fingerprint density at radius 3 is 2.52 bits per heavy atom. The minimum atomic E-state index is -3.35. The van der Waals surface area contributed by atoms with Crippen LogP contribution < -0.4 is 10.0 Å². The van der Waals surface area contributed by atoms with Crippen LogP contribution in [0.25, 0.3) is 0 Å². The lowest BCUT2D eigenvalue weighted by Crippen LogP contribution is -2.25. The number of carbonyl (C=O) groups excluding carboxylic acids is 1. The van der Waals surface area contributed by atoms with Crippen LogP contribution >= 0.6 is 0 Å². The summed E-state index contributed by atoms with van der Waals surface area (Å²) in [5.41, 5.74) is 1.46. The van der Waals surface area contributed by atoms with Crippen molar-refractivity contribution in [2.45, 2.75) is 25.1 Å². The lowest BCUT2D eigenvalue weighted by molar-refractivity contribution is -0.121. The topological polar surface area (TPSA) is 88.4 Å². The fraction of sp³-hybridized carbons (Fsp3) is 0.312. The number of aryl methyl sites for hydroxylation is 1. The van der Waals surface area contributed by atoms with Gasteiger partial charge in [0.2, 0.25) is 15.9 Å². The third-order valence-electron chi connectivity index (χ3n) is 3.43. The van der Waals surface area contributed by atoms with E-state index in [0.29, 0.717) is 24.9 Å². The fourth-order valence-corrected chi connectivity index (χ4v) is 2.96. The molecule has 0 aliphatic carbocycles. The second-order valence-electron chi connectivity index (χ2n) is 5.09. The summed E-state index contributed by atoms with van der Waals surface area (Å²) in [6, 6.07) is 10.8. The van der Waals surface area contributed by atoms with Gasteiger partial charge in [0.1, 0.15) is 5.76 Å². The zero-order chi connectivity index (χ0) is 16.7. The Kier molecular flexibility index (Phi) is 5.95. The van der Waals surface area contributed by atoms with Crippen LogP contribution in [0.3, 0.4) is 0 Å². The molecule has 0 fully saturated rings. The highest BCUT2D eigenvalue weighted by Crippen LogP contribution is 2.12. The molecule has 23 heavy (non-hydrogen) atoms. The molecule has 124 valence electrons. The summed E-state index contributed by atoms with van der Waals surface area (Å²) in [6.45, 7) is 0.298. The first-order valence-corrected chi connectivity index (χ1v) is 8.92. The summed E-state index contributed by atoms with van der Waals surface area (Å²) < 4.78 is 30.8.